The van der Waals surface area contributed by atoms with Gasteiger partial charge in [0.2, 0.25) is 6.29 Å². The van der Waals surface area contributed by atoms with Crippen molar-refractivity contribution in [3.05, 3.63) is 62.4 Å². The van der Waals surface area contributed by atoms with Crippen molar-refractivity contribution in [2.75, 3.05) is 20.3 Å². The van der Waals surface area contributed by atoms with Crippen LogP contribution < -0.4 is 0 Å². The largest absolute Gasteiger partial charge is 0.507 e. The Labute approximate surface area is 262 Å². The lowest BCUT2D eigenvalue weighted by Crippen LogP contribution is -2.58. The van der Waals surface area contributed by atoms with Crippen molar-refractivity contribution in [1.29, 1.82) is 0 Å². The maximum atomic E-state index is 15.0. The van der Waals surface area contributed by atoms with Crippen LogP contribution in [-0.2, 0) is 44.2 Å². The molecule has 238 valence electrons. The van der Waals surface area contributed by atoms with E-state index in [4.69, 9.17) is 28.4 Å². The standard InChI is InChI=1S/C34H30O12/c1-10-6-15(37)19-23-16(10)25(38)24-29(44-13(4)35)33(23,9-43-30(19)39)28-27-21-20-18(14(36)7-11(2)22(20)34(24,28)41-5)31(40)45-26(21)17-12(3)8-42-32(17)46-27/h6-7,12,17,24,26,28-29,32,36-37H,8-9H2,1-5H3/t12-,17-,24-,26-,28+,29-,32+,33-,34+/m0/s1. The van der Waals surface area contributed by atoms with Crippen LogP contribution in [0.25, 0.3) is 5.57 Å². The molecule has 2 bridgehead atoms. The smallest absolute Gasteiger partial charge is 0.343 e. The lowest BCUT2D eigenvalue weighted by molar-refractivity contribution is -0.161. The molecular weight excluding hydrogens is 600 g/mol. The van der Waals surface area contributed by atoms with E-state index < -0.39 is 65.0 Å². The first-order valence-corrected chi connectivity index (χ1v) is 15.3. The molecule has 9 rings (SSSR count). The molecule has 2 N–H and O–H groups in total. The number of fused-ring (bicyclic) bond motifs is 7. The fourth-order valence-electron chi connectivity index (χ4n) is 10.1. The lowest BCUT2D eigenvalue weighted by Gasteiger charge is -2.53. The van der Waals surface area contributed by atoms with Gasteiger partial charge >= 0.3 is 17.9 Å². The molecule has 9 atom stereocenters. The highest BCUT2D eigenvalue weighted by molar-refractivity contribution is 6.11. The molecular formula is C34H30O12. The minimum absolute atomic E-state index is 0.0618. The van der Waals surface area contributed by atoms with Crippen LogP contribution >= 0.6 is 0 Å². The fraction of sp³-hybridized carbons (Fsp3) is 0.471. The zero-order valence-electron chi connectivity index (χ0n) is 25.6. The number of rotatable bonds is 2. The number of Topliss-reactive ketones (excluding diaryl/α,β-unsaturated/α-hetero) is 1. The van der Waals surface area contributed by atoms with Crippen LogP contribution in [0.2, 0.25) is 0 Å². The van der Waals surface area contributed by atoms with Crippen LogP contribution in [0.4, 0.5) is 0 Å². The molecule has 0 aromatic heterocycles. The number of benzene rings is 2. The minimum Gasteiger partial charge on any atom is -0.507 e. The Bertz CT molecular complexity index is 1920. The van der Waals surface area contributed by atoms with Crippen molar-refractivity contribution in [3.63, 3.8) is 0 Å². The van der Waals surface area contributed by atoms with Gasteiger partial charge in [0, 0.05) is 30.7 Å². The van der Waals surface area contributed by atoms with Crippen LogP contribution in [0.1, 0.15) is 72.7 Å². The molecule has 2 aromatic carbocycles. The quantitative estimate of drug-likeness (QED) is 0.369. The normalized spacial score (nSPS) is 37.0. The van der Waals surface area contributed by atoms with E-state index in [2.05, 4.69) is 0 Å². The molecule has 2 fully saturated rings. The minimum atomic E-state index is -1.67. The predicted molar refractivity (Wildman–Crippen MR) is 153 cm³/mol. The number of carbonyl (C=O) groups excluding carboxylic acids is 4. The van der Waals surface area contributed by atoms with Crippen LogP contribution in [0.15, 0.2) is 17.9 Å². The highest BCUT2D eigenvalue weighted by Crippen LogP contribution is 2.73. The first kappa shape index (κ1) is 27.9. The van der Waals surface area contributed by atoms with Gasteiger partial charge in [-0.05, 0) is 54.2 Å². The molecule has 12 heteroatoms. The van der Waals surface area contributed by atoms with Crippen LogP contribution in [-0.4, -0.2) is 72.7 Å². The summed E-state index contributed by atoms with van der Waals surface area (Å²) in [6, 6.07) is 2.79. The maximum absolute atomic E-state index is 15.0. The third kappa shape index (κ3) is 2.78. The van der Waals surface area contributed by atoms with Crippen molar-refractivity contribution in [1.82, 2.24) is 0 Å². The summed E-state index contributed by atoms with van der Waals surface area (Å²) in [7, 11) is 1.44. The lowest BCUT2D eigenvalue weighted by atomic mass is 9.58. The summed E-state index contributed by atoms with van der Waals surface area (Å²) >= 11 is 0. The molecule has 1 saturated carbocycles. The van der Waals surface area contributed by atoms with Crippen molar-refractivity contribution in [3.8, 4) is 11.5 Å². The highest BCUT2D eigenvalue weighted by Gasteiger charge is 2.81. The van der Waals surface area contributed by atoms with Gasteiger partial charge in [-0.3, -0.25) is 9.59 Å². The number of aryl methyl sites for hydroxylation is 2. The summed E-state index contributed by atoms with van der Waals surface area (Å²) < 4.78 is 37.5. The zero-order valence-corrected chi connectivity index (χ0v) is 25.6. The fourth-order valence-corrected chi connectivity index (χ4v) is 10.1. The summed E-state index contributed by atoms with van der Waals surface area (Å²) in [5, 5.41) is 22.4. The summed E-state index contributed by atoms with van der Waals surface area (Å²) in [5.74, 6) is -5.75. The van der Waals surface area contributed by atoms with E-state index in [0.717, 1.165) is 0 Å². The van der Waals surface area contributed by atoms with E-state index in [1.165, 1.54) is 26.2 Å². The van der Waals surface area contributed by atoms with E-state index in [1.807, 2.05) is 6.92 Å². The summed E-state index contributed by atoms with van der Waals surface area (Å²) in [5.41, 5.74) is -0.727. The second kappa shape index (κ2) is 8.48. The van der Waals surface area contributed by atoms with Gasteiger partial charge in [-0.2, -0.15) is 0 Å². The second-order valence-corrected chi connectivity index (χ2v) is 13.6. The first-order chi connectivity index (χ1) is 21.9. The number of ketones is 1. The van der Waals surface area contributed by atoms with Gasteiger partial charge < -0.3 is 38.6 Å². The van der Waals surface area contributed by atoms with Gasteiger partial charge in [-0.1, -0.05) is 6.92 Å². The summed E-state index contributed by atoms with van der Waals surface area (Å²) in [6.45, 7) is 6.63. The van der Waals surface area contributed by atoms with E-state index in [1.54, 1.807) is 13.8 Å². The Hall–Kier alpha value is -4.42. The Morgan fingerprint density at radius 2 is 1.67 bits per heavy atom. The van der Waals surface area contributed by atoms with Crippen molar-refractivity contribution in [2.45, 2.75) is 57.2 Å². The molecule has 3 aliphatic carbocycles. The van der Waals surface area contributed by atoms with Crippen molar-refractivity contribution in [2.24, 2.45) is 23.7 Å². The maximum Gasteiger partial charge on any atom is 0.343 e. The van der Waals surface area contributed by atoms with Gasteiger partial charge in [0.15, 0.2) is 5.78 Å². The molecule has 1 saturated heterocycles. The van der Waals surface area contributed by atoms with Crippen LogP contribution in [0.5, 0.6) is 11.5 Å². The monoisotopic (exact) mass is 630 g/mol. The molecule has 12 nitrogen and oxygen atoms in total. The Morgan fingerprint density at radius 1 is 0.957 bits per heavy atom. The molecule has 0 unspecified atom stereocenters. The van der Waals surface area contributed by atoms with Gasteiger partial charge in [0.05, 0.1) is 29.8 Å². The summed E-state index contributed by atoms with van der Waals surface area (Å²) in [4.78, 5) is 55.1. The second-order valence-electron chi connectivity index (χ2n) is 13.6. The summed E-state index contributed by atoms with van der Waals surface area (Å²) in [6.07, 6.45) is -2.92. The Kier molecular flexibility index (Phi) is 5.14. The topological polar surface area (TPSA) is 164 Å². The predicted octanol–water partition coefficient (Wildman–Crippen LogP) is 2.94. The van der Waals surface area contributed by atoms with E-state index in [0.29, 0.717) is 34.4 Å². The average Bonchev–Trinajstić information content (AvgIpc) is 3.44. The van der Waals surface area contributed by atoms with E-state index in [-0.39, 0.29) is 58.0 Å². The number of ether oxygens (including phenoxy) is 6. The third-order valence-corrected chi connectivity index (χ3v) is 11.5. The molecule has 4 aliphatic heterocycles. The number of carbonyl (C=O) groups is 4. The van der Waals surface area contributed by atoms with Crippen LogP contribution in [0, 0.1) is 37.5 Å². The number of hydrogen-bond acceptors (Lipinski definition) is 12. The number of aromatic hydroxyl groups is 2. The van der Waals surface area contributed by atoms with Gasteiger partial charge in [-0.25, -0.2) is 9.59 Å². The molecule has 4 heterocycles. The van der Waals surface area contributed by atoms with Gasteiger partial charge in [0.1, 0.15) is 52.8 Å². The van der Waals surface area contributed by atoms with E-state index in [9.17, 15) is 24.6 Å². The molecule has 0 amide bonds. The van der Waals surface area contributed by atoms with E-state index >= 15 is 4.79 Å². The molecule has 46 heavy (non-hydrogen) atoms. The number of phenolic OH excluding ortho intramolecular Hbond substituents is 2. The molecule has 2 aromatic rings. The molecule has 0 radical (unpaired) electrons. The van der Waals surface area contributed by atoms with Crippen molar-refractivity contribution < 1.29 is 57.8 Å². The average molecular weight is 631 g/mol. The number of cyclic esters (lactones) is 1. The highest BCUT2D eigenvalue weighted by atomic mass is 16.7. The third-order valence-electron chi connectivity index (χ3n) is 11.5. The number of methoxy groups -OCH3 is 1. The van der Waals surface area contributed by atoms with Gasteiger partial charge in [0.25, 0.3) is 0 Å². The number of hydrogen-bond donors (Lipinski definition) is 2. The molecule has 7 aliphatic rings. The van der Waals surface area contributed by atoms with Crippen LogP contribution in [0.3, 0.4) is 0 Å². The van der Waals surface area contributed by atoms with Gasteiger partial charge in [-0.15, -0.1) is 0 Å². The Morgan fingerprint density at radius 3 is 2.39 bits per heavy atom. The SMILES string of the molecule is CO[C@@]12c3c(C)cc(O)c4c3C3=C(O[C@H]5OC[C@H](C)[C@H]5[C@@H]3OC4=O)[C@@H]1[C@]13COC(=O)c4c(O)cc(C)c(c41)C(=O)[C@H]2[C@@H]3OC(C)=O. The Balaban J connectivity index is 1.49. The number of esters is 3. The first-order valence-electron chi connectivity index (χ1n) is 15.3. The zero-order chi connectivity index (χ0) is 32.4. The molecule has 1 spiro atoms. The van der Waals surface area contributed by atoms with Crippen molar-refractivity contribution >= 4 is 29.3 Å². The number of phenols is 2.